The number of aryl methyl sites for hydroxylation is 3. The molecule has 17 heavy (non-hydrogen) atoms. The molecule has 0 aliphatic heterocycles. The van der Waals surface area contributed by atoms with Crippen molar-refractivity contribution in [2.45, 2.75) is 33.2 Å². The van der Waals surface area contributed by atoms with Gasteiger partial charge < -0.3 is 5.73 Å². The van der Waals surface area contributed by atoms with Crippen LogP contribution in [0.25, 0.3) is 0 Å². The Kier molecular flexibility index (Phi) is 3.65. The van der Waals surface area contributed by atoms with Gasteiger partial charge in [-0.05, 0) is 49.1 Å². The van der Waals surface area contributed by atoms with Crippen LogP contribution >= 0.6 is 11.3 Å². The van der Waals surface area contributed by atoms with E-state index in [4.69, 9.17) is 5.73 Å². The molecule has 0 aliphatic rings. The first-order chi connectivity index (χ1) is 8.11. The van der Waals surface area contributed by atoms with Crippen LogP contribution in [0.15, 0.2) is 30.3 Å². The average Bonchev–Trinajstić information content (AvgIpc) is 2.80. The van der Waals surface area contributed by atoms with Gasteiger partial charge in [-0.25, -0.2) is 0 Å². The molecule has 0 saturated heterocycles. The van der Waals surface area contributed by atoms with E-state index >= 15 is 0 Å². The van der Waals surface area contributed by atoms with Crippen LogP contribution in [0.2, 0.25) is 0 Å². The Bertz CT molecular complexity index is 513. The van der Waals surface area contributed by atoms with E-state index in [0.29, 0.717) is 0 Å². The second kappa shape index (κ2) is 5.03. The molecule has 90 valence electrons. The summed E-state index contributed by atoms with van der Waals surface area (Å²) in [5, 5.41) is 0. The van der Waals surface area contributed by atoms with E-state index in [1.54, 1.807) is 0 Å². The molecule has 1 atom stereocenters. The van der Waals surface area contributed by atoms with E-state index in [-0.39, 0.29) is 6.04 Å². The van der Waals surface area contributed by atoms with Gasteiger partial charge in [0, 0.05) is 9.75 Å². The Morgan fingerprint density at radius 2 is 1.88 bits per heavy atom. The van der Waals surface area contributed by atoms with Crippen molar-refractivity contribution in [2.24, 2.45) is 5.73 Å². The number of thiophene rings is 1. The Morgan fingerprint density at radius 1 is 1.12 bits per heavy atom. The number of benzene rings is 1. The summed E-state index contributed by atoms with van der Waals surface area (Å²) in [6.07, 6.45) is 1.09. The van der Waals surface area contributed by atoms with E-state index < -0.39 is 0 Å². The Balaban J connectivity index is 2.29. The number of hydrogen-bond donors (Lipinski definition) is 1. The molecule has 1 heterocycles. The fourth-order valence-corrected chi connectivity index (χ4v) is 2.86. The zero-order chi connectivity index (χ0) is 12.4. The maximum atomic E-state index is 6.31. The van der Waals surface area contributed by atoms with Gasteiger partial charge in [-0.2, -0.15) is 0 Å². The van der Waals surface area contributed by atoms with E-state index in [1.165, 1.54) is 26.4 Å². The molecule has 2 aromatic rings. The molecule has 2 N–H and O–H groups in total. The third-order valence-corrected chi connectivity index (χ3v) is 4.54. The van der Waals surface area contributed by atoms with Crippen LogP contribution in [0, 0.1) is 13.8 Å². The lowest BCUT2D eigenvalue weighted by Gasteiger charge is -2.12. The molecule has 1 aromatic heterocycles. The molecule has 0 saturated carbocycles. The Labute approximate surface area is 107 Å². The lowest BCUT2D eigenvalue weighted by atomic mass is 10.0. The van der Waals surface area contributed by atoms with Gasteiger partial charge in [-0.15, -0.1) is 11.3 Å². The van der Waals surface area contributed by atoms with E-state index in [1.807, 2.05) is 11.3 Å². The molecule has 0 amide bonds. The van der Waals surface area contributed by atoms with Gasteiger partial charge in [0.1, 0.15) is 0 Å². The van der Waals surface area contributed by atoms with Gasteiger partial charge in [0.05, 0.1) is 6.04 Å². The van der Waals surface area contributed by atoms with Crippen molar-refractivity contribution < 1.29 is 0 Å². The average molecular weight is 245 g/mol. The predicted octanol–water partition coefficient (Wildman–Crippen LogP) is 3.98. The van der Waals surface area contributed by atoms with E-state index in [2.05, 4.69) is 51.1 Å². The van der Waals surface area contributed by atoms with Crippen LogP contribution in [-0.4, -0.2) is 0 Å². The zero-order valence-corrected chi connectivity index (χ0v) is 11.5. The van der Waals surface area contributed by atoms with E-state index in [0.717, 1.165) is 6.42 Å². The summed E-state index contributed by atoms with van der Waals surface area (Å²) in [5.41, 5.74) is 10.2. The minimum absolute atomic E-state index is 0.0135. The molecule has 0 aliphatic carbocycles. The minimum Gasteiger partial charge on any atom is -0.320 e. The quantitative estimate of drug-likeness (QED) is 0.869. The van der Waals surface area contributed by atoms with Crippen LogP contribution in [0.3, 0.4) is 0 Å². The fourth-order valence-electron chi connectivity index (χ4n) is 1.87. The van der Waals surface area contributed by atoms with Crippen LogP contribution in [0.5, 0.6) is 0 Å². The molecule has 1 nitrogen and oxygen atoms in total. The van der Waals surface area contributed by atoms with Crippen molar-refractivity contribution >= 4 is 11.3 Å². The summed E-state index contributed by atoms with van der Waals surface area (Å²) in [7, 11) is 0. The molecule has 0 fully saturated rings. The SMILES string of the molecule is CCc1ccc(C(N)c2ccc(C)c(C)c2)s1. The third kappa shape index (κ3) is 2.59. The standard InChI is InChI=1S/C15H19NS/c1-4-13-7-8-14(17-13)15(16)12-6-5-10(2)11(3)9-12/h5-9,15H,4,16H2,1-3H3. The first kappa shape index (κ1) is 12.3. The minimum atomic E-state index is 0.0135. The molecular formula is C15H19NS. The number of hydrogen-bond acceptors (Lipinski definition) is 2. The lowest BCUT2D eigenvalue weighted by molar-refractivity contribution is 0.890. The van der Waals surface area contributed by atoms with Crippen molar-refractivity contribution in [3.8, 4) is 0 Å². The first-order valence-corrected chi connectivity index (χ1v) is 6.84. The summed E-state index contributed by atoms with van der Waals surface area (Å²) in [4.78, 5) is 2.66. The van der Waals surface area contributed by atoms with Gasteiger partial charge in [0.25, 0.3) is 0 Å². The van der Waals surface area contributed by atoms with Crippen LogP contribution in [0.4, 0.5) is 0 Å². The normalized spacial score (nSPS) is 12.7. The second-order valence-corrected chi connectivity index (χ2v) is 5.68. The zero-order valence-electron chi connectivity index (χ0n) is 10.7. The highest BCUT2D eigenvalue weighted by molar-refractivity contribution is 7.12. The summed E-state index contributed by atoms with van der Waals surface area (Å²) < 4.78 is 0. The maximum Gasteiger partial charge on any atom is 0.0646 e. The molecule has 0 bridgehead atoms. The molecule has 0 spiro atoms. The highest BCUT2D eigenvalue weighted by Crippen LogP contribution is 2.27. The largest absolute Gasteiger partial charge is 0.320 e. The van der Waals surface area contributed by atoms with Crippen molar-refractivity contribution in [1.82, 2.24) is 0 Å². The smallest absolute Gasteiger partial charge is 0.0646 e. The summed E-state index contributed by atoms with van der Waals surface area (Å²) in [6.45, 7) is 6.44. The third-order valence-electron chi connectivity index (χ3n) is 3.23. The van der Waals surface area contributed by atoms with Crippen molar-refractivity contribution in [3.63, 3.8) is 0 Å². The Hall–Kier alpha value is -1.12. The Morgan fingerprint density at radius 3 is 2.47 bits per heavy atom. The van der Waals surface area contributed by atoms with Gasteiger partial charge in [-0.1, -0.05) is 25.1 Å². The topological polar surface area (TPSA) is 26.0 Å². The highest BCUT2D eigenvalue weighted by Gasteiger charge is 2.11. The second-order valence-electron chi connectivity index (χ2n) is 4.48. The molecule has 0 radical (unpaired) electrons. The molecular weight excluding hydrogens is 226 g/mol. The van der Waals surface area contributed by atoms with Crippen LogP contribution < -0.4 is 5.73 Å². The molecule has 1 aromatic carbocycles. The summed E-state index contributed by atoms with van der Waals surface area (Å²) in [6, 6.07) is 10.8. The van der Waals surface area contributed by atoms with Gasteiger partial charge in [0.2, 0.25) is 0 Å². The van der Waals surface area contributed by atoms with Gasteiger partial charge in [-0.3, -0.25) is 0 Å². The van der Waals surface area contributed by atoms with Crippen molar-refractivity contribution in [1.29, 1.82) is 0 Å². The number of rotatable bonds is 3. The monoisotopic (exact) mass is 245 g/mol. The summed E-state index contributed by atoms with van der Waals surface area (Å²) in [5.74, 6) is 0. The van der Waals surface area contributed by atoms with Crippen LogP contribution in [0.1, 0.15) is 39.4 Å². The first-order valence-electron chi connectivity index (χ1n) is 6.03. The summed E-state index contributed by atoms with van der Waals surface area (Å²) >= 11 is 1.82. The highest BCUT2D eigenvalue weighted by atomic mass is 32.1. The predicted molar refractivity (Wildman–Crippen MR) is 75.6 cm³/mol. The molecule has 1 unspecified atom stereocenters. The fraction of sp³-hybridized carbons (Fsp3) is 0.333. The van der Waals surface area contributed by atoms with Gasteiger partial charge in [0.15, 0.2) is 0 Å². The van der Waals surface area contributed by atoms with Gasteiger partial charge >= 0.3 is 0 Å². The number of nitrogens with two attached hydrogens (primary N) is 1. The van der Waals surface area contributed by atoms with Crippen LogP contribution in [-0.2, 0) is 6.42 Å². The van der Waals surface area contributed by atoms with Crippen molar-refractivity contribution in [2.75, 3.05) is 0 Å². The molecule has 2 heteroatoms. The maximum absolute atomic E-state index is 6.31. The van der Waals surface area contributed by atoms with Crippen molar-refractivity contribution in [3.05, 3.63) is 56.8 Å². The van der Waals surface area contributed by atoms with E-state index in [9.17, 15) is 0 Å². The molecule has 2 rings (SSSR count). The lowest BCUT2D eigenvalue weighted by Crippen LogP contribution is -2.10.